The Labute approximate surface area is 72.7 Å². The predicted molar refractivity (Wildman–Crippen MR) is 47.7 cm³/mol. The Morgan fingerprint density at radius 3 is 2.25 bits per heavy atom. The fraction of sp³-hybridized carbons (Fsp3) is 0.625. The van der Waals surface area contributed by atoms with Crippen LogP contribution in [0.25, 0.3) is 0 Å². The van der Waals surface area contributed by atoms with Gasteiger partial charge in [-0.3, -0.25) is 4.79 Å². The van der Waals surface area contributed by atoms with Crippen LogP contribution in [0.2, 0.25) is 0 Å². The maximum absolute atomic E-state index is 11.2. The lowest BCUT2D eigenvalue weighted by molar-refractivity contribution is -0.118. The van der Waals surface area contributed by atoms with Crippen molar-refractivity contribution in [3.05, 3.63) is 11.5 Å². The molecule has 0 aliphatic rings. The molecule has 0 aliphatic heterocycles. The average Bonchev–Trinajstić information content (AvgIpc) is 2.00. The maximum atomic E-state index is 11.2. The first-order valence-electron chi connectivity index (χ1n) is 3.87. The molecule has 0 atom stereocenters. The zero-order valence-corrected chi connectivity index (χ0v) is 7.93. The molecule has 4 nitrogen and oxygen atoms in total. The van der Waals surface area contributed by atoms with Gasteiger partial charge >= 0.3 is 0 Å². The molecule has 0 spiro atoms. The fourth-order valence-corrected chi connectivity index (χ4v) is 0.665. The van der Waals surface area contributed by atoms with Crippen molar-refractivity contribution in [3.8, 4) is 0 Å². The molecule has 1 amide bonds. The van der Waals surface area contributed by atoms with Crippen LogP contribution in [-0.4, -0.2) is 24.1 Å². The molecule has 0 radical (unpaired) electrons. The largest absolute Gasteiger partial charge is 0.494 e. The van der Waals surface area contributed by atoms with Crippen LogP contribution in [0.3, 0.4) is 0 Å². The summed E-state index contributed by atoms with van der Waals surface area (Å²) in [6, 6.07) is 0.0807. The number of nitrogens with one attached hydrogen (secondary N) is 2. The molecule has 0 unspecified atom stereocenters. The van der Waals surface area contributed by atoms with Crippen LogP contribution in [0.5, 0.6) is 0 Å². The van der Waals surface area contributed by atoms with Crippen molar-refractivity contribution >= 4 is 5.91 Å². The van der Waals surface area contributed by atoms with Crippen molar-refractivity contribution in [2.24, 2.45) is 0 Å². The quantitative estimate of drug-likeness (QED) is 0.429. The van der Waals surface area contributed by atoms with E-state index in [0.29, 0.717) is 5.57 Å². The summed E-state index contributed by atoms with van der Waals surface area (Å²) in [5, 5.41) is 14.3. The number of carbonyl (C=O) groups excluding carboxylic acids is 1. The molecule has 12 heavy (non-hydrogen) atoms. The summed E-state index contributed by atoms with van der Waals surface area (Å²) in [5.41, 5.74) is 0.297. The molecule has 0 fully saturated rings. The Hall–Kier alpha value is -1.19. The third kappa shape index (κ3) is 3.27. The molecule has 0 aromatic rings. The third-order valence-electron chi connectivity index (χ3n) is 1.35. The molecule has 0 rings (SSSR count). The number of rotatable bonds is 3. The molecule has 0 aliphatic carbocycles. The lowest BCUT2D eigenvalue weighted by Crippen LogP contribution is -2.32. The van der Waals surface area contributed by atoms with Gasteiger partial charge in [-0.25, -0.2) is 0 Å². The number of hydrogen-bond acceptors (Lipinski definition) is 3. The highest BCUT2D eigenvalue weighted by Crippen LogP contribution is 1.97. The highest BCUT2D eigenvalue weighted by Gasteiger charge is 2.09. The maximum Gasteiger partial charge on any atom is 0.252 e. The minimum atomic E-state index is -0.253. The van der Waals surface area contributed by atoms with E-state index in [9.17, 15) is 4.79 Å². The van der Waals surface area contributed by atoms with Crippen LogP contribution in [0.4, 0.5) is 0 Å². The van der Waals surface area contributed by atoms with Gasteiger partial charge in [-0.1, -0.05) is 0 Å². The lowest BCUT2D eigenvalue weighted by atomic mass is 10.2. The molecule has 0 aromatic carbocycles. The number of carbonyl (C=O) groups is 1. The lowest BCUT2D eigenvalue weighted by Gasteiger charge is -2.09. The van der Waals surface area contributed by atoms with Crippen LogP contribution in [0.15, 0.2) is 11.5 Å². The Bertz CT molecular complexity index is 197. The first-order chi connectivity index (χ1) is 5.49. The molecule has 3 N–H and O–H groups in total. The van der Waals surface area contributed by atoms with Crippen LogP contribution in [0, 0.1) is 0 Å². The van der Waals surface area contributed by atoms with Gasteiger partial charge in [-0.15, -0.1) is 0 Å². The van der Waals surface area contributed by atoms with Crippen molar-refractivity contribution in [1.29, 1.82) is 0 Å². The van der Waals surface area contributed by atoms with E-state index in [-0.39, 0.29) is 17.8 Å². The van der Waals surface area contributed by atoms with Gasteiger partial charge in [-0.2, -0.15) is 0 Å². The second-order valence-corrected chi connectivity index (χ2v) is 2.85. The first kappa shape index (κ1) is 10.8. The number of hydrogen-bond donors (Lipinski definition) is 3. The molecule has 70 valence electrons. The smallest absolute Gasteiger partial charge is 0.252 e. The van der Waals surface area contributed by atoms with E-state index in [0.717, 1.165) is 0 Å². The highest BCUT2D eigenvalue weighted by atomic mass is 16.3. The van der Waals surface area contributed by atoms with Crippen LogP contribution < -0.4 is 10.6 Å². The summed E-state index contributed by atoms with van der Waals surface area (Å²) in [4.78, 5) is 11.2. The van der Waals surface area contributed by atoms with E-state index in [1.54, 1.807) is 14.0 Å². The topological polar surface area (TPSA) is 61.4 Å². The normalized spacial score (nSPS) is 12.4. The van der Waals surface area contributed by atoms with E-state index in [4.69, 9.17) is 5.11 Å². The van der Waals surface area contributed by atoms with Gasteiger partial charge in [-0.05, 0) is 20.8 Å². The first-order valence-corrected chi connectivity index (χ1v) is 3.87. The fourth-order valence-electron chi connectivity index (χ4n) is 0.665. The zero-order chi connectivity index (χ0) is 9.72. The number of aliphatic hydroxyl groups is 1. The van der Waals surface area contributed by atoms with E-state index in [1.807, 2.05) is 13.8 Å². The summed E-state index contributed by atoms with van der Waals surface area (Å²) in [6.45, 7) is 5.28. The number of amides is 1. The summed E-state index contributed by atoms with van der Waals surface area (Å²) in [7, 11) is 1.56. The zero-order valence-electron chi connectivity index (χ0n) is 7.93. The van der Waals surface area contributed by atoms with Gasteiger partial charge in [0.2, 0.25) is 0 Å². The van der Waals surface area contributed by atoms with E-state index in [1.165, 1.54) is 0 Å². The third-order valence-corrected chi connectivity index (χ3v) is 1.35. The summed E-state index contributed by atoms with van der Waals surface area (Å²) in [5.74, 6) is -0.343. The van der Waals surface area contributed by atoms with Crippen LogP contribution in [0.1, 0.15) is 20.8 Å². The number of aliphatic hydroxyl groups excluding tert-OH is 1. The summed E-state index contributed by atoms with van der Waals surface area (Å²) < 4.78 is 0. The monoisotopic (exact) mass is 172 g/mol. The van der Waals surface area contributed by atoms with Crippen molar-refractivity contribution in [2.45, 2.75) is 26.8 Å². The Kier molecular flexibility index (Phi) is 4.18. The Morgan fingerprint density at radius 1 is 1.42 bits per heavy atom. The van der Waals surface area contributed by atoms with E-state index < -0.39 is 0 Å². The molecule has 4 heteroatoms. The molecule has 0 bridgehead atoms. The standard InChI is InChI=1S/C8H16N2O2/c1-5(2)10-8(12)6(3)7(11)9-4/h5,9,11H,1-4H3,(H,10,12)/b7-6-. The molecule has 0 saturated heterocycles. The van der Waals surface area contributed by atoms with Crippen molar-refractivity contribution in [2.75, 3.05) is 7.05 Å². The second-order valence-electron chi connectivity index (χ2n) is 2.85. The average molecular weight is 172 g/mol. The van der Waals surface area contributed by atoms with Gasteiger partial charge in [0, 0.05) is 13.1 Å². The molecule has 0 saturated carbocycles. The minimum Gasteiger partial charge on any atom is -0.494 e. The second kappa shape index (κ2) is 4.64. The molecule has 0 heterocycles. The Morgan fingerprint density at radius 2 is 1.92 bits per heavy atom. The SMILES string of the molecule is CN/C(O)=C(\C)C(=O)NC(C)C. The van der Waals surface area contributed by atoms with Gasteiger partial charge in [0.05, 0.1) is 5.57 Å². The van der Waals surface area contributed by atoms with Crippen LogP contribution >= 0.6 is 0 Å². The van der Waals surface area contributed by atoms with Crippen LogP contribution in [-0.2, 0) is 4.79 Å². The van der Waals surface area contributed by atoms with Crippen molar-refractivity contribution in [1.82, 2.24) is 10.6 Å². The van der Waals surface area contributed by atoms with Gasteiger partial charge in [0.1, 0.15) is 0 Å². The summed E-state index contributed by atoms with van der Waals surface area (Å²) in [6.07, 6.45) is 0. The Balaban J connectivity index is 4.29. The van der Waals surface area contributed by atoms with Crippen molar-refractivity contribution in [3.63, 3.8) is 0 Å². The molecular weight excluding hydrogens is 156 g/mol. The van der Waals surface area contributed by atoms with Gasteiger partial charge in [0.15, 0.2) is 5.88 Å². The molecular formula is C8H16N2O2. The van der Waals surface area contributed by atoms with Crippen molar-refractivity contribution < 1.29 is 9.90 Å². The van der Waals surface area contributed by atoms with E-state index >= 15 is 0 Å². The molecule has 0 aromatic heterocycles. The predicted octanol–water partition coefficient (Wildman–Crippen LogP) is 0.520. The van der Waals surface area contributed by atoms with E-state index in [2.05, 4.69) is 10.6 Å². The van der Waals surface area contributed by atoms with Gasteiger partial charge < -0.3 is 15.7 Å². The van der Waals surface area contributed by atoms with Gasteiger partial charge in [0.25, 0.3) is 5.91 Å². The minimum absolute atomic E-state index is 0.0807. The summed E-state index contributed by atoms with van der Waals surface area (Å²) >= 11 is 0. The highest BCUT2D eigenvalue weighted by molar-refractivity contribution is 5.93.